The van der Waals surface area contributed by atoms with E-state index in [1.165, 1.54) is 0 Å². The van der Waals surface area contributed by atoms with E-state index in [1.807, 2.05) is 12.1 Å². The first-order chi connectivity index (χ1) is 14.3. The Morgan fingerprint density at radius 3 is 1.76 bits per heavy atom. The van der Waals surface area contributed by atoms with E-state index in [4.69, 9.17) is 28.4 Å². The maximum atomic E-state index is 6.31. The lowest BCUT2D eigenvalue weighted by molar-refractivity contribution is 0.225. The molecule has 0 aliphatic carbocycles. The van der Waals surface area contributed by atoms with E-state index in [0.717, 1.165) is 72.7 Å². The lowest BCUT2D eigenvalue weighted by Gasteiger charge is -2.22. The van der Waals surface area contributed by atoms with Crippen molar-refractivity contribution < 1.29 is 28.4 Å². The summed E-state index contributed by atoms with van der Waals surface area (Å²) in [7, 11) is 0. The van der Waals surface area contributed by atoms with E-state index < -0.39 is 0 Å². The Morgan fingerprint density at radius 1 is 0.759 bits per heavy atom. The van der Waals surface area contributed by atoms with Crippen molar-refractivity contribution in [3.8, 4) is 17.2 Å². The zero-order chi connectivity index (χ0) is 19.6. The molecular formula is C23H28O6. The molecule has 0 amide bonds. The third-order valence-electron chi connectivity index (χ3n) is 5.40. The first kappa shape index (κ1) is 19.0. The molecule has 2 aromatic rings. The van der Waals surface area contributed by atoms with Crippen LogP contribution in [0, 0.1) is 0 Å². The summed E-state index contributed by atoms with van der Waals surface area (Å²) in [5.41, 5.74) is 1.08. The summed E-state index contributed by atoms with van der Waals surface area (Å²) < 4.78 is 35.0. The molecule has 156 valence electrons. The van der Waals surface area contributed by atoms with Crippen LogP contribution >= 0.6 is 0 Å². The van der Waals surface area contributed by atoms with E-state index in [-0.39, 0.29) is 18.3 Å². The van der Waals surface area contributed by atoms with Gasteiger partial charge in [0.25, 0.3) is 0 Å². The summed E-state index contributed by atoms with van der Waals surface area (Å²) in [6, 6.07) is 8.24. The smallest absolute Gasteiger partial charge is 0.169 e. The summed E-state index contributed by atoms with van der Waals surface area (Å²) >= 11 is 0. The topological polar surface area (TPSA) is 65.3 Å². The van der Waals surface area contributed by atoms with Gasteiger partial charge in [0.15, 0.2) is 11.5 Å². The quantitative estimate of drug-likeness (QED) is 0.508. The van der Waals surface area contributed by atoms with Crippen LogP contribution in [-0.2, 0) is 20.6 Å². The highest BCUT2D eigenvalue weighted by molar-refractivity contribution is 5.97. The second-order valence-electron chi connectivity index (χ2n) is 7.91. The fourth-order valence-corrected chi connectivity index (χ4v) is 3.47. The molecule has 3 heterocycles. The number of fused-ring (bicyclic) bond motifs is 1. The molecule has 29 heavy (non-hydrogen) atoms. The van der Waals surface area contributed by atoms with Crippen LogP contribution in [0.5, 0.6) is 17.2 Å². The van der Waals surface area contributed by atoms with Gasteiger partial charge in [0.2, 0.25) is 0 Å². The third kappa shape index (κ3) is 4.60. The number of rotatable bonds is 12. The normalized spacial score (nSPS) is 24.4. The second kappa shape index (κ2) is 8.38. The summed E-state index contributed by atoms with van der Waals surface area (Å²) in [6.07, 6.45) is 3.56. The van der Waals surface area contributed by atoms with Crippen LogP contribution in [0.25, 0.3) is 10.8 Å². The number of benzene rings is 2. The highest BCUT2D eigenvalue weighted by Crippen LogP contribution is 2.47. The van der Waals surface area contributed by atoms with Crippen LogP contribution in [0.4, 0.5) is 0 Å². The highest BCUT2D eigenvalue weighted by Gasteiger charge is 2.30. The summed E-state index contributed by atoms with van der Waals surface area (Å²) in [5.74, 6) is 2.48. The van der Waals surface area contributed by atoms with E-state index in [0.29, 0.717) is 19.8 Å². The molecule has 3 atom stereocenters. The monoisotopic (exact) mass is 400 g/mol. The zero-order valence-electron chi connectivity index (χ0n) is 16.9. The van der Waals surface area contributed by atoms with Crippen molar-refractivity contribution in [3.05, 3.63) is 29.8 Å². The van der Waals surface area contributed by atoms with Gasteiger partial charge >= 0.3 is 0 Å². The summed E-state index contributed by atoms with van der Waals surface area (Å²) in [5, 5.41) is 2.06. The molecule has 0 aromatic heterocycles. The van der Waals surface area contributed by atoms with Gasteiger partial charge in [-0.15, -0.1) is 0 Å². The van der Waals surface area contributed by atoms with E-state index in [2.05, 4.69) is 19.1 Å². The molecule has 0 radical (unpaired) electrons. The van der Waals surface area contributed by atoms with E-state index >= 15 is 0 Å². The standard InChI is InChI=1S/C23H28O6/c1-2-3-6-20-21(27-12-15-9-24-15)18-7-4-5-8-19(18)22(28-13-16-10-25-16)23(20)29-14-17-11-26-17/h4-5,7-8,15-17H,2-3,6,9-14H2,1H3. The molecule has 3 unspecified atom stereocenters. The van der Waals surface area contributed by atoms with Crippen LogP contribution in [0.1, 0.15) is 25.3 Å². The minimum Gasteiger partial charge on any atom is -0.490 e. The first-order valence-corrected chi connectivity index (χ1v) is 10.6. The molecule has 6 nitrogen and oxygen atoms in total. The van der Waals surface area contributed by atoms with Crippen LogP contribution in [-0.4, -0.2) is 58.0 Å². The largest absolute Gasteiger partial charge is 0.490 e. The molecule has 5 rings (SSSR count). The molecule has 3 aliphatic rings. The Morgan fingerprint density at radius 2 is 1.24 bits per heavy atom. The molecule has 3 fully saturated rings. The van der Waals surface area contributed by atoms with Gasteiger partial charge in [0.1, 0.15) is 43.9 Å². The van der Waals surface area contributed by atoms with Crippen molar-refractivity contribution in [3.63, 3.8) is 0 Å². The summed E-state index contributed by atoms with van der Waals surface area (Å²) in [4.78, 5) is 0. The van der Waals surface area contributed by atoms with Crippen molar-refractivity contribution >= 4 is 10.8 Å². The van der Waals surface area contributed by atoms with Gasteiger partial charge < -0.3 is 28.4 Å². The van der Waals surface area contributed by atoms with Crippen molar-refractivity contribution in [1.29, 1.82) is 0 Å². The minimum absolute atomic E-state index is 0.171. The van der Waals surface area contributed by atoms with Gasteiger partial charge in [-0.2, -0.15) is 0 Å². The SMILES string of the molecule is CCCCc1c(OCC2CO2)c(OCC2CO2)c2ccccc2c1OCC1CO1. The van der Waals surface area contributed by atoms with Crippen LogP contribution < -0.4 is 14.2 Å². The third-order valence-corrected chi connectivity index (χ3v) is 5.40. The van der Waals surface area contributed by atoms with Gasteiger partial charge in [-0.05, 0) is 12.8 Å². The van der Waals surface area contributed by atoms with Gasteiger partial charge in [-0.1, -0.05) is 37.6 Å². The van der Waals surface area contributed by atoms with Crippen LogP contribution in [0.2, 0.25) is 0 Å². The van der Waals surface area contributed by atoms with Crippen molar-refractivity contribution in [2.24, 2.45) is 0 Å². The molecule has 6 heteroatoms. The highest BCUT2D eigenvalue weighted by atomic mass is 16.6. The average Bonchev–Trinajstić information content (AvgIpc) is 3.60. The number of hydrogen-bond donors (Lipinski definition) is 0. The maximum absolute atomic E-state index is 6.31. The van der Waals surface area contributed by atoms with Crippen LogP contribution in [0.15, 0.2) is 24.3 Å². The zero-order valence-corrected chi connectivity index (χ0v) is 16.9. The van der Waals surface area contributed by atoms with Gasteiger partial charge in [-0.25, -0.2) is 0 Å². The lowest BCUT2D eigenvalue weighted by Crippen LogP contribution is -2.13. The lowest BCUT2D eigenvalue weighted by atomic mass is 9.98. The molecule has 0 spiro atoms. The predicted octanol–water partition coefficient (Wildman–Crippen LogP) is 3.52. The van der Waals surface area contributed by atoms with E-state index in [1.54, 1.807) is 0 Å². The molecule has 0 N–H and O–H groups in total. The molecule has 3 saturated heterocycles. The summed E-state index contributed by atoms with van der Waals surface area (Å²) in [6.45, 7) is 6.10. The van der Waals surface area contributed by atoms with Gasteiger partial charge in [0, 0.05) is 16.3 Å². The first-order valence-electron chi connectivity index (χ1n) is 10.6. The minimum atomic E-state index is 0.171. The molecule has 3 aliphatic heterocycles. The fourth-order valence-electron chi connectivity index (χ4n) is 3.47. The van der Waals surface area contributed by atoms with Gasteiger partial charge in [-0.3, -0.25) is 0 Å². The van der Waals surface area contributed by atoms with Crippen molar-refractivity contribution in [2.45, 2.75) is 44.5 Å². The van der Waals surface area contributed by atoms with Crippen molar-refractivity contribution in [2.75, 3.05) is 39.6 Å². The molecule has 0 bridgehead atoms. The number of unbranched alkanes of at least 4 members (excludes halogenated alkanes) is 1. The number of epoxide rings is 3. The number of hydrogen-bond acceptors (Lipinski definition) is 6. The Bertz CT molecular complexity index is 854. The number of ether oxygens (including phenoxy) is 6. The van der Waals surface area contributed by atoms with E-state index in [9.17, 15) is 0 Å². The predicted molar refractivity (Wildman–Crippen MR) is 108 cm³/mol. The second-order valence-corrected chi connectivity index (χ2v) is 7.91. The Kier molecular flexibility index (Phi) is 5.48. The van der Waals surface area contributed by atoms with Crippen LogP contribution in [0.3, 0.4) is 0 Å². The van der Waals surface area contributed by atoms with Crippen molar-refractivity contribution in [1.82, 2.24) is 0 Å². The Balaban J connectivity index is 1.58. The fraction of sp³-hybridized carbons (Fsp3) is 0.565. The molecule has 2 aromatic carbocycles. The molecular weight excluding hydrogens is 372 g/mol. The Hall–Kier alpha value is -2.02. The maximum Gasteiger partial charge on any atom is 0.169 e. The molecule has 0 saturated carbocycles. The van der Waals surface area contributed by atoms with Gasteiger partial charge in [0.05, 0.1) is 19.8 Å². The average molecular weight is 400 g/mol. The Labute approximate surface area is 171 Å².